The third-order valence-corrected chi connectivity index (χ3v) is 6.63. The van der Waals surface area contributed by atoms with Crippen LogP contribution in [-0.2, 0) is 13.5 Å². The maximum Gasteiger partial charge on any atom is 0.254 e. The molecule has 6 heteroatoms. The quantitative estimate of drug-likeness (QED) is 0.417. The number of hydrogen-bond acceptors (Lipinski definition) is 3. The van der Waals surface area contributed by atoms with Gasteiger partial charge in [-0.25, -0.2) is 4.98 Å². The van der Waals surface area contributed by atoms with Gasteiger partial charge in [0.25, 0.3) is 5.91 Å². The number of benzene rings is 2. The topological polar surface area (TPSA) is 51.0 Å². The summed E-state index contributed by atoms with van der Waals surface area (Å²) in [6.45, 7) is 2.72. The van der Waals surface area contributed by atoms with Crippen LogP contribution in [0.2, 0.25) is 5.02 Å². The number of aryl methyl sites for hydroxylation is 2. The Morgan fingerprint density at radius 3 is 2.62 bits per heavy atom. The number of amides is 1. The molecule has 1 aliphatic rings. The van der Waals surface area contributed by atoms with Crippen LogP contribution < -0.4 is 0 Å². The lowest BCUT2D eigenvalue weighted by Crippen LogP contribution is -2.31. The van der Waals surface area contributed by atoms with Gasteiger partial charge in [-0.1, -0.05) is 29.8 Å². The van der Waals surface area contributed by atoms with Crippen molar-refractivity contribution < 1.29 is 4.79 Å². The Hall–Kier alpha value is -3.18. The minimum Gasteiger partial charge on any atom is -0.331 e. The lowest BCUT2D eigenvalue weighted by atomic mass is 10.0. The average Bonchev–Trinajstić information content (AvgIpc) is 3.40. The number of imidazole rings is 1. The number of fused-ring (bicyclic) bond motifs is 1. The fourth-order valence-electron chi connectivity index (χ4n) is 4.51. The summed E-state index contributed by atoms with van der Waals surface area (Å²) in [6.07, 6.45) is 4.64. The van der Waals surface area contributed by atoms with Crippen molar-refractivity contribution in [2.24, 2.45) is 7.05 Å². The molecule has 1 amide bonds. The molecule has 162 valence electrons. The summed E-state index contributed by atoms with van der Waals surface area (Å²) in [6, 6.07) is 17.9. The van der Waals surface area contributed by atoms with Gasteiger partial charge in [-0.2, -0.15) is 0 Å². The van der Waals surface area contributed by atoms with Crippen LogP contribution in [0.5, 0.6) is 0 Å². The van der Waals surface area contributed by atoms with Crippen LogP contribution >= 0.6 is 11.6 Å². The molecule has 0 radical (unpaired) electrons. The van der Waals surface area contributed by atoms with Crippen molar-refractivity contribution in [1.29, 1.82) is 0 Å². The number of halogens is 1. The van der Waals surface area contributed by atoms with Gasteiger partial charge in [0.15, 0.2) is 0 Å². The Morgan fingerprint density at radius 2 is 1.88 bits per heavy atom. The normalized spacial score (nSPS) is 16.1. The van der Waals surface area contributed by atoms with Gasteiger partial charge in [0.1, 0.15) is 5.82 Å². The van der Waals surface area contributed by atoms with Gasteiger partial charge in [0.05, 0.1) is 22.8 Å². The molecule has 0 saturated carbocycles. The van der Waals surface area contributed by atoms with Gasteiger partial charge in [-0.3, -0.25) is 9.78 Å². The number of carbonyl (C=O) groups is 1. The van der Waals surface area contributed by atoms with E-state index in [1.165, 1.54) is 5.56 Å². The molecule has 1 aliphatic heterocycles. The predicted octanol–water partition coefficient (Wildman–Crippen LogP) is 5.50. The first-order valence-electron chi connectivity index (χ1n) is 10.9. The molecule has 0 unspecified atom stereocenters. The Kier molecular flexibility index (Phi) is 5.43. The fourth-order valence-corrected chi connectivity index (χ4v) is 4.64. The maximum absolute atomic E-state index is 13.4. The summed E-state index contributed by atoms with van der Waals surface area (Å²) < 4.78 is 2.04. The lowest BCUT2D eigenvalue weighted by molar-refractivity contribution is 0.0733. The van der Waals surface area contributed by atoms with Gasteiger partial charge < -0.3 is 9.47 Å². The van der Waals surface area contributed by atoms with Crippen molar-refractivity contribution in [3.05, 3.63) is 94.0 Å². The SMILES string of the molecule is Cc1nc2cc(C(=O)N3CCC[C@@H]3c3ccc(Cc4ccc(Cl)cc4)cn3)ccc2n1C. The number of nitrogens with zero attached hydrogens (tertiary/aromatic N) is 4. The molecule has 0 aliphatic carbocycles. The van der Waals surface area contributed by atoms with Crippen LogP contribution in [0.1, 0.15) is 51.9 Å². The van der Waals surface area contributed by atoms with Gasteiger partial charge in [-0.15, -0.1) is 0 Å². The van der Waals surface area contributed by atoms with Crippen molar-refractivity contribution in [3.8, 4) is 0 Å². The van der Waals surface area contributed by atoms with E-state index in [2.05, 4.69) is 17.1 Å². The standard InChI is InChI=1S/C26H25ClN4O/c1-17-29-23-15-20(8-12-24(23)30(17)2)26(32)31-13-3-4-25(31)22-11-7-19(16-28-22)14-18-5-9-21(27)10-6-18/h5-12,15-16,25H,3-4,13-14H2,1-2H3/t25-/m1/s1. The number of likely N-dealkylation sites (tertiary alicyclic amines) is 1. The van der Waals surface area contributed by atoms with E-state index >= 15 is 0 Å². The van der Waals surface area contributed by atoms with Crippen LogP contribution in [0.25, 0.3) is 11.0 Å². The Bertz CT molecular complexity index is 1280. The molecule has 4 aromatic rings. The van der Waals surface area contributed by atoms with E-state index < -0.39 is 0 Å². The molecular formula is C26H25ClN4O. The monoisotopic (exact) mass is 444 g/mol. The highest BCUT2D eigenvalue weighted by Gasteiger charge is 2.31. The van der Waals surface area contributed by atoms with Crippen LogP contribution in [0.4, 0.5) is 0 Å². The third kappa shape index (κ3) is 3.89. The molecule has 3 heterocycles. The second-order valence-electron chi connectivity index (χ2n) is 8.47. The van der Waals surface area contributed by atoms with E-state index in [0.717, 1.165) is 58.9 Å². The van der Waals surface area contributed by atoms with Gasteiger partial charge in [-0.05, 0) is 73.7 Å². The molecule has 0 bridgehead atoms. The maximum atomic E-state index is 13.4. The average molecular weight is 445 g/mol. The summed E-state index contributed by atoms with van der Waals surface area (Å²) >= 11 is 5.98. The summed E-state index contributed by atoms with van der Waals surface area (Å²) in [5.41, 5.74) is 5.86. The van der Waals surface area contributed by atoms with E-state index in [1.54, 1.807) is 0 Å². The van der Waals surface area contributed by atoms with E-state index in [-0.39, 0.29) is 11.9 Å². The smallest absolute Gasteiger partial charge is 0.254 e. The van der Waals surface area contributed by atoms with Crippen LogP contribution in [0.15, 0.2) is 60.8 Å². The van der Waals surface area contributed by atoms with Crippen molar-refractivity contribution in [2.45, 2.75) is 32.2 Å². The largest absolute Gasteiger partial charge is 0.331 e. The minimum atomic E-state index is 0.00764. The molecule has 0 N–H and O–H groups in total. The van der Waals surface area contributed by atoms with Crippen molar-refractivity contribution >= 4 is 28.5 Å². The molecular weight excluding hydrogens is 420 g/mol. The number of aromatic nitrogens is 3. The van der Waals surface area contributed by atoms with E-state index in [0.29, 0.717) is 5.56 Å². The fraction of sp³-hybridized carbons (Fsp3) is 0.269. The zero-order valence-corrected chi connectivity index (χ0v) is 19.0. The Labute approximate surface area is 192 Å². The zero-order chi connectivity index (χ0) is 22.2. The highest BCUT2D eigenvalue weighted by molar-refractivity contribution is 6.30. The first kappa shape index (κ1) is 20.7. The highest BCUT2D eigenvalue weighted by atomic mass is 35.5. The summed E-state index contributed by atoms with van der Waals surface area (Å²) in [5.74, 6) is 0.983. The van der Waals surface area contributed by atoms with Crippen molar-refractivity contribution in [1.82, 2.24) is 19.4 Å². The predicted molar refractivity (Wildman–Crippen MR) is 127 cm³/mol. The molecule has 1 atom stereocenters. The number of pyridine rings is 1. The second kappa shape index (κ2) is 8.40. The van der Waals surface area contributed by atoms with Crippen LogP contribution in [-0.4, -0.2) is 31.9 Å². The minimum absolute atomic E-state index is 0.00764. The molecule has 0 spiro atoms. The molecule has 1 fully saturated rings. The first-order valence-corrected chi connectivity index (χ1v) is 11.3. The van der Waals surface area contributed by atoms with E-state index in [4.69, 9.17) is 16.6 Å². The van der Waals surface area contributed by atoms with E-state index in [9.17, 15) is 4.79 Å². The highest BCUT2D eigenvalue weighted by Crippen LogP contribution is 2.32. The third-order valence-electron chi connectivity index (χ3n) is 6.38. The first-order chi connectivity index (χ1) is 15.5. The van der Waals surface area contributed by atoms with Crippen molar-refractivity contribution in [2.75, 3.05) is 6.54 Å². The summed E-state index contributed by atoms with van der Waals surface area (Å²) in [5, 5.41) is 0.741. The van der Waals surface area contributed by atoms with Crippen LogP contribution in [0.3, 0.4) is 0 Å². The van der Waals surface area contributed by atoms with Crippen LogP contribution in [0, 0.1) is 6.92 Å². The Balaban J connectivity index is 1.35. The lowest BCUT2D eigenvalue weighted by Gasteiger charge is -2.24. The Morgan fingerprint density at radius 1 is 1.09 bits per heavy atom. The summed E-state index contributed by atoms with van der Waals surface area (Å²) in [7, 11) is 1.99. The zero-order valence-electron chi connectivity index (χ0n) is 18.3. The molecule has 2 aromatic carbocycles. The number of rotatable bonds is 4. The summed E-state index contributed by atoms with van der Waals surface area (Å²) in [4.78, 5) is 24.6. The molecule has 1 saturated heterocycles. The van der Waals surface area contributed by atoms with Gasteiger partial charge in [0, 0.05) is 30.4 Å². The number of carbonyl (C=O) groups excluding carboxylic acids is 1. The molecule has 32 heavy (non-hydrogen) atoms. The molecule has 5 nitrogen and oxygen atoms in total. The second-order valence-corrected chi connectivity index (χ2v) is 8.91. The molecule has 5 rings (SSSR count). The molecule has 2 aromatic heterocycles. The number of hydrogen-bond donors (Lipinski definition) is 0. The van der Waals surface area contributed by atoms with Gasteiger partial charge in [0.2, 0.25) is 0 Å². The van der Waals surface area contributed by atoms with E-state index in [1.807, 2.05) is 72.1 Å². The van der Waals surface area contributed by atoms with Gasteiger partial charge >= 0.3 is 0 Å². The van der Waals surface area contributed by atoms with Crippen molar-refractivity contribution in [3.63, 3.8) is 0 Å².